The highest BCUT2D eigenvalue weighted by Gasteiger charge is 2.20. The molecule has 1 aliphatic rings. The van der Waals surface area contributed by atoms with Gasteiger partial charge in [0.15, 0.2) is 17.5 Å². The van der Waals surface area contributed by atoms with Crippen molar-refractivity contribution in [2.24, 2.45) is 0 Å². The van der Waals surface area contributed by atoms with Crippen LogP contribution in [0.15, 0.2) is 30.6 Å². The molecule has 1 fully saturated rings. The summed E-state index contributed by atoms with van der Waals surface area (Å²) in [4.78, 5) is 8.48. The topological polar surface area (TPSA) is 63.5 Å². The van der Waals surface area contributed by atoms with E-state index in [-0.39, 0.29) is 17.6 Å². The first kappa shape index (κ1) is 16.7. The molecule has 2 N–H and O–H groups in total. The lowest BCUT2D eigenvalue weighted by Gasteiger charge is -2.24. The molecule has 6 nitrogen and oxygen atoms in total. The molecule has 3 aromatic heterocycles. The van der Waals surface area contributed by atoms with E-state index in [2.05, 4.69) is 20.6 Å². The van der Waals surface area contributed by atoms with Gasteiger partial charge in [0.05, 0.1) is 19.0 Å². The van der Waals surface area contributed by atoms with Crippen molar-refractivity contribution in [2.75, 3.05) is 25.5 Å². The third kappa shape index (κ3) is 3.08. The summed E-state index contributed by atoms with van der Waals surface area (Å²) in [6.45, 7) is 1.68. The van der Waals surface area contributed by atoms with Crippen molar-refractivity contribution in [3.63, 3.8) is 0 Å². The minimum absolute atomic E-state index is 0.0512. The SMILES string of the molecule is COc1ccn2c(-c3nc(N[C@H]4CCCNC4)c(F)cc3F)cnc2c1. The molecule has 0 saturated carbocycles. The van der Waals surface area contributed by atoms with Crippen LogP contribution in [-0.2, 0) is 0 Å². The fourth-order valence-electron chi connectivity index (χ4n) is 3.18. The van der Waals surface area contributed by atoms with Gasteiger partial charge in [0.2, 0.25) is 0 Å². The average Bonchev–Trinajstić information content (AvgIpc) is 3.07. The van der Waals surface area contributed by atoms with Crippen molar-refractivity contribution in [3.05, 3.63) is 42.2 Å². The molecule has 4 rings (SSSR count). The Bertz CT molecular complexity index is 937. The second-order valence-corrected chi connectivity index (χ2v) is 6.28. The van der Waals surface area contributed by atoms with Gasteiger partial charge in [-0.2, -0.15) is 0 Å². The predicted molar refractivity (Wildman–Crippen MR) is 94.4 cm³/mol. The van der Waals surface area contributed by atoms with Crippen LogP contribution in [0.4, 0.5) is 14.6 Å². The molecule has 0 spiro atoms. The van der Waals surface area contributed by atoms with E-state index < -0.39 is 11.6 Å². The van der Waals surface area contributed by atoms with Gasteiger partial charge in [-0.3, -0.25) is 4.40 Å². The second kappa shape index (κ2) is 6.87. The first-order chi connectivity index (χ1) is 12.7. The number of hydrogen-bond acceptors (Lipinski definition) is 5. The van der Waals surface area contributed by atoms with Gasteiger partial charge in [0, 0.05) is 30.9 Å². The molecule has 1 saturated heterocycles. The van der Waals surface area contributed by atoms with E-state index in [0.717, 1.165) is 32.0 Å². The first-order valence-corrected chi connectivity index (χ1v) is 8.50. The van der Waals surface area contributed by atoms with Gasteiger partial charge in [-0.25, -0.2) is 18.7 Å². The number of methoxy groups -OCH3 is 1. The van der Waals surface area contributed by atoms with Crippen LogP contribution in [0.25, 0.3) is 17.0 Å². The molecule has 0 unspecified atom stereocenters. The van der Waals surface area contributed by atoms with Crippen LogP contribution in [0.3, 0.4) is 0 Å². The van der Waals surface area contributed by atoms with Crippen molar-refractivity contribution in [3.8, 4) is 17.1 Å². The van der Waals surface area contributed by atoms with Gasteiger partial charge in [0.1, 0.15) is 17.1 Å². The molecule has 26 heavy (non-hydrogen) atoms. The number of piperidine rings is 1. The van der Waals surface area contributed by atoms with E-state index in [1.54, 1.807) is 29.8 Å². The molecule has 0 radical (unpaired) electrons. The normalized spacial score (nSPS) is 17.4. The minimum Gasteiger partial charge on any atom is -0.497 e. The number of halogens is 2. The summed E-state index contributed by atoms with van der Waals surface area (Å²) >= 11 is 0. The standard InChI is InChI=1S/C18H19F2N5O/c1-26-12-4-6-25-15(10-22-16(25)7-12)17-13(19)8-14(20)18(24-17)23-11-3-2-5-21-9-11/h4,6-8,10-11,21H,2-3,5,9H2,1H3,(H,23,24)/t11-/m0/s1. The number of nitrogens with zero attached hydrogens (tertiary/aromatic N) is 3. The first-order valence-electron chi connectivity index (χ1n) is 8.50. The van der Waals surface area contributed by atoms with Crippen LogP contribution >= 0.6 is 0 Å². The molecular weight excluding hydrogens is 340 g/mol. The summed E-state index contributed by atoms with van der Waals surface area (Å²) in [6, 6.07) is 4.41. The summed E-state index contributed by atoms with van der Waals surface area (Å²) in [7, 11) is 1.56. The quantitative estimate of drug-likeness (QED) is 0.750. The van der Waals surface area contributed by atoms with Crippen molar-refractivity contribution in [1.82, 2.24) is 19.7 Å². The van der Waals surface area contributed by atoms with Crippen LogP contribution in [0.2, 0.25) is 0 Å². The van der Waals surface area contributed by atoms with E-state index in [9.17, 15) is 8.78 Å². The van der Waals surface area contributed by atoms with Gasteiger partial charge in [-0.1, -0.05) is 0 Å². The average molecular weight is 359 g/mol. The molecular formula is C18H19F2N5O. The van der Waals surface area contributed by atoms with Gasteiger partial charge in [-0.05, 0) is 25.5 Å². The van der Waals surface area contributed by atoms with E-state index >= 15 is 0 Å². The van der Waals surface area contributed by atoms with Crippen LogP contribution in [0, 0.1) is 11.6 Å². The number of fused-ring (bicyclic) bond motifs is 1. The third-order valence-electron chi connectivity index (χ3n) is 4.53. The summed E-state index contributed by atoms with van der Waals surface area (Å²) in [6.07, 6.45) is 5.15. The Kier molecular flexibility index (Phi) is 4.42. The zero-order valence-corrected chi connectivity index (χ0v) is 14.3. The van der Waals surface area contributed by atoms with Crippen molar-refractivity contribution < 1.29 is 13.5 Å². The van der Waals surface area contributed by atoms with Gasteiger partial charge in [0.25, 0.3) is 0 Å². The highest BCUT2D eigenvalue weighted by atomic mass is 19.1. The number of rotatable bonds is 4. The van der Waals surface area contributed by atoms with E-state index in [1.807, 2.05) is 0 Å². The van der Waals surface area contributed by atoms with E-state index in [1.165, 1.54) is 6.20 Å². The van der Waals surface area contributed by atoms with E-state index in [0.29, 0.717) is 17.1 Å². The van der Waals surface area contributed by atoms with Crippen LogP contribution in [-0.4, -0.2) is 40.6 Å². The smallest absolute Gasteiger partial charge is 0.168 e. The lowest BCUT2D eigenvalue weighted by Crippen LogP contribution is -2.38. The largest absolute Gasteiger partial charge is 0.497 e. The Labute approximate surface area is 149 Å². The molecule has 1 aliphatic heterocycles. The maximum Gasteiger partial charge on any atom is 0.168 e. The number of ether oxygens (including phenoxy) is 1. The fraction of sp³-hybridized carbons (Fsp3) is 0.333. The van der Waals surface area contributed by atoms with E-state index in [4.69, 9.17) is 4.74 Å². The third-order valence-corrected chi connectivity index (χ3v) is 4.53. The number of aromatic nitrogens is 3. The lowest BCUT2D eigenvalue weighted by atomic mass is 10.1. The lowest BCUT2D eigenvalue weighted by molar-refractivity contribution is 0.414. The molecule has 136 valence electrons. The maximum atomic E-state index is 14.4. The molecule has 1 atom stereocenters. The molecule has 0 aromatic carbocycles. The Morgan fingerprint density at radius 2 is 2.19 bits per heavy atom. The number of nitrogens with one attached hydrogen (secondary N) is 2. The molecule has 0 amide bonds. The van der Waals surface area contributed by atoms with Crippen LogP contribution in [0.5, 0.6) is 5.75 Å². The second-order valence-electron chi connectivity index (χ2n) is 6.28. The number of imidazole rings is 1. The Hall–Kier alpha value is -2.74. The van der Waals surface area contributed by atoms with Crippen molar-refractivity contribution in [2.45, 2.75) is 18.9 Å². The summed E-state index contributed by atoms with van der Waals surface area (Å²) in [5, 5.41) is 6.33. The van der Waals surface area contributed by atoms with Crippen LogP contribution in [0.1, 0.15) is 12.8 Å². The zero-order valence-electron chi connectivity index (χ0n) is 14.3. The summed E-state index contributed by atoms with van der Waals surface area (Å²) in [5.74, 6) is -0.729. The number of anilines is 1. The molecule has 8 heteroatoms. The monoisotopic (exact) mass is 359 g/mol. The number of hydrogen-bond donors (Lipinski definition) is 2. The summed E-state index contributed by atoms with van der Waals surface area (Å²) < 4.78 is 35.5. The van der Waals surface area contributed by atoms with Gasteiger partial charge in [-0.15, -0.1) is 0 Å². The minimum atomic E-state index is -0.729. The Morgan fingerprint density at radius 1 is 1.31 bits per heavy atom. The summed E-state index contributed by atoms with van der Waals surface area (Å²) in [5.41, 5.74) is 1.09. The Morgan fingerprint density at radius 3 is 2.96 bits per heavy atom. The van der Waals surface area contributed by atoms with Gasteiger partial charge < -0.3 is 15.4 Å². The maximum absolute atomic E-state index is 14.4. The molecule has 3 aromatic rings. The highest BCUT2D eigenvalue weighted by molar-refractivity contribution is 5.63. The predicted octanol–water partition coefficient (Wildman–Crippen LogP) is 2.85. The number of pyridine rings is 2. The van der Waals surface area contributed by atoms with Crippen LogP contribution < -0.4 is 15.4 Å². The van der Waals surface area contributed by atoms with Gasteiger partial charge >= 0.3 is 0 Å². The highest BCUT2D eigenvalue weighted by Crippen LogP contribution is 2.27. The molecule has 0 aliphatic carbocycles. The fourth-order valence-corrected chi connectivity index (χ4v) is 3.18. The zero-order chi connectivity index (χ0) is 18.1. The Balaban J connectivity index is 1.73. The van der Waals surface area contributed by atoms with Crippen molar-refractivity contribution in [1.29, 1.82) is 0 Å². The molecule has 0 bridgehead atoms. The molecule has 4 heterocycles. The van der Waals surface area contributed by atoms with Crippen molar-refractivity contribution >= 4 is 11.5 Å².